The van der Waals surface area contributed by atoms with Crippen LogP contribution in [0.15, 0.2) is 17.1 Å². The number of alkyl halides is 3. The van der Waals surface area contributed by atoms with Crippen LogP contribution in [0, 0.1) is 5.82 Å². The third-order valence-electron chi connectivity index (χ3n) is 6.91. The van der Waals surface area contributed by atoms with Gasteiger partial charge in [0.15, 0.2) is 6.29 Å². The number of halogens is 4. The molecule has 1 aliphatic carbocycles. The quantitative estimate of drug-likeness (QED) is 0.315. The molecule has 2 fully saturated rings. The number of anilines is 1. The molecule has 1 saturated heterocycles. The summed E-state index contributed by atoms with van der Waals surface area (Å²) < 4.78 is 61.2. The van der Waals surface area contributed by atoms with Gasteiger partial charge in [0.1, 0.15) is 11.4 Å². The fourth-order valence-electron chi connectivity index (χ4n) is 5.05. The number of hydrogen-bond acceptors (Lipinski definition) is 7. The Labute approximate surface area is 214 Å². The first kappa shape index (κ1) is 27.6. The average molecular weight is 541 g/mol. The summed E-state index contributed by atoms with van der Waals surface area (Å²) in [7, 11) is 0. The minimum Gasteiger partial charge on any atom is -0.462 e. The maximum atomic E-state index is 15.8. The fraction of sp³-hybridized carbons (Fsp3) is 0.520. The van der Waals surface area contributed by atoms with E-state index in [1.54, 1.807) is 11.5 Å². The van der Waals surface area contributed by atoms with E-state index in [1.165, 1.54) is 11.1 Å². The lowest BCUT2D eigenvalue weighted by molar-refractivity contribution is -0.174. The van der Waals surface area contributed by atoms with Crippen LogP contribution in [-0.2, 0) is 9.53 Å². The fourth-order valence-corrected chi connectivity index (χ4v) is 5.05. The Balaban J connectivity index is 1.91. The van der Waals surface area contributed by atoms with Crippen LogP contribution in [0.5, 0.6) is 0 Å². The first-order chi connectivity index (χ1) is 18.0. The van der Waals surface area contributed by atoms with Gasteiger partial charge in [-0.15, -0.1) is 0 Å². The SMILES string of the molecule is CCOC(=O)c1cn(C2CC2)c2c(C=O)c(N3CCCC[C@@H](NC(=O)C(F)(F)F)[C@H]3CO)c(F)cc2c1=O. The van der Waals surface area contributed by atoms with E-state index in [4.69, 9.17) is 4.74 Å². The zero-order valence-corrected chi connectivity index (χ0v) is 20.5. The number of aliphatic hydroxyl groups excluding tert-OH is 1. The third-order valence-corrected chi connectivity index (χ3v) is 6.91. The predicted octanol–water partition coefficient (Wildman–Crippen LogP) is 2.86. The van der Waals surface area contributed by atoms with Crippen molar-refractivity contribution in [3.63, 3.8) is 0 Å². The van der Waals surface area contributed by atoms with Crippen molar-refractivity contribution >= 4 is 34.8 Å². The molecular formula is C25H27F4N3O6. The molecule has 1 aliphatic heterocycles. The summed E-state index contributed by atoms with van der Waals surface area (Å²) >= 11 is 0. The second kappa shape index (κ2) is 10.7. The number of ether oxygens (including phenoxy) is 1. The van der Waals surface area contributed by atoms with Gasteiger partial charge >= 0.3 is 18.1 Å². The average Bonchev–Trinajstić information content (AvgIpc) is 3.71. The van der Waals surface area contributed by atoms with E-state index >= 15 is 4.39 Å². The highest BCUT2D eigenvalue weighted by Gasteiger charge is 2.42. The molecule has 1 aromatic carbocycles. The van der Waals surface area contributed by atoms with Crippen molar-refractivity contribution in [1.82, 2.24) is 9.88 Å². The number of benzene rings is 1. The minimum absolute atomic E-state index is 0.0101. The van der Waals surface area contributed by atoms with Crippen molar-refractivity contribution in [3.05, 3.63) is 39.4 Å². The number of pyridine rings is 1. The summed E-state index contributed by atoms with van der Waals surface area (Å²) in [5.41, 5.74) is -1.59. The summed E-state index contributed by atoms with van der Waals surface area (Å²) in [5, 5.41) is 11.8. The monoisotopic (exact) mass is 541 g/mol. The molecule has 2 heterocycles. The number of hydrogen-bond donors (Lipinski definition) is 2. The van der Waals surface area contributed by atoms with Crippen molar-refractivity contribution in [2.75, 3.05) is 24.7 Å². The summed E-state index contributed by atoms with van der Waals surface area (Å²) in [6.45, 7) is 0.908. The summed E-state index contributed by atoms with van der Waals surface area (Å²) in [5.74, 6) is -4.10. The van der Waals surface area contributed by atoms with E-state index in [9.17, 15) is 37.5 Å². The van der Waals surface area contributed by atoms with Gasteiger partial charge in [-0.3, -0.25) is 14.4 Å². The standard InChI is InChI=1S/C25H27F4N3O6/c1-2-38-23(36)15-10-32(13-6-7-13)20-14(22(15)35)9-17(26)21(16(20)11-33)31-8-4-3-5-18(19(31)12-34)30-24(37)25(27,28)29/h9-11,13,18-19,34H,2-8,12H2,1H3,(H,30,37)/t18-,19-/m1/s1. The molecule has 4 rings (SSSR count). The smallest absolute Gasteiger partial charge is 0.462 e. The second-order valence-electron chi connectivity index (χ2n) is 9.38. The zero-order valence-electron chi connectivity index (χ0n) is 20.5. The largest absolute Gasteiger partial charge is 0.471 e. The number of nitrogens with zero attached hydrogens (tertiary/aromatic N) is 2. The first-order valence-corrected chi connectivity index (χ1v) is 12.3. The Kier molecular flexibility index (Phi) is 7.77. The highest BCUT2D eigenvalue weighted by atomic mass is 19.4. The van der Waals surface area contributed by atoms with E-state index < -0.39 is 48.0 Å². The van der Waals surface area contributed by atoms with Crippen LogP contribution in [0.2, 0.25) is 0 Å². The van der Waals surface area contributed by atoms with Gasteiger partial charge in [-0.1, -0.05) is 0 Å². The lowest BCUT2D eigenvalue weighted by Crippen LogP contribution is -2.55. The molecule has 2 N–H and O–H groups in total. The Morgan fingerprint density at radius 1 is 1.24 bits per heavy atom. The number of aromatic nitrogens is 1. The lowest BCUT2D eigenvalue weighted by Gasteiger charge is -2.37. The third kappa shape index (κ3) is 5.11. The molecule has 1 saturated carbocycles. The minimum atomic E-state index is -5.16. The summed E-state index contributed by atoms with van der Waals surface area (Å²) in [4.78, 5) is 51.0. The Morgan fingerprint density at radius 3 is 2.53 bits per heavy atom. The number of aliphatic hydroxyl groups is 1. The van der Waals surface area contributed by atoms with Crippen LogP contribution in [0.3, 0.4) is 0 Å². The number of esters is 1. The molecule has 2 aromatic rings. The normalized spacial score (nSPS) is 20.2. The van der Waals surface area contributed by atoms with Crippen LogP contribution < -0.4 is 15.6 Å². The number of aldehydes is 1. The molecule has 13 heteroatoms. The Morgan fingerprint density at radius 2 is 1.95 bits per heavy atom. The molecular weight excluding hydrogens is 514 g/mol. The van der Waals surface area contributed by atoms with E-state index in [1.807, 2.05) is 5.32 Å². The summed E-state index contributed by atoms with van der Waals surface area (Å²) in [6.07, 6.45) is -1.32. The number of nitrogens with one attached hydrogen (secondary N) is 1. The van der Waals surface area contributed by atoms with Gasteiger partial charge in [-0.05, 0) is 45.1 Å². The van der Waals surface area contributed by atoms with Crippen molar-refractivity contribution < 1.29 is 41.8 Å². The van der Waals surface area contributed by atoms with Crippen LogP contribution in [-0.4, -0.2) is 65.9 Å². The molecule has 0 unspecified atom stereocenters. The number of carbonyl (C=O) groups is 3. The number of carbonyl (C=O) groups excluding carboxylic acids is 3. The highest BCUT2D eigenvalue weighted by Crippen LogP contribution is 2.40. The van der Waals surface area contributed by atoms with Gasteiger partial charge in [0.05, 0.1) is 47.5 Å². The van der Waals surface area contributed by atoms with Gasteiger partial charge in [-0.2, -0.15) is 13.2 Å². The van der Waals surface area contributed by atoms with E-state index in [2.05, 4.69) is 0 Å². The molecule has 1 amide bonds. The molecule has 2 aliphatic rings. The van der Waals surface area contributed by atoms with Crippen molar-refractivity contribution in [2.45, 2.75) is 63.3 Å². The summed E-state index contributed by atoms with van der Waals surface area (Å²) in [6, 6.07) is -1.65. The molecule has 0 radical (unpaired) electrons. The molecule has 9 nitrogen and oxygen atoms in total. The number of fused-ring (bicyclic) bond motifs is 1. The van der Waals surface area contributed by atoms with Gasteiger partial charge in [0.25, 0.3) is 0 Å². The molecule has 2 atom stereocenters. The van der Waals surface area contributed by atoms with E-state index in [-0.39, 0.29) is 53.3 Å². The van der Waals surface area contributed by atoms with Gasteiger partial charge in [-0.25, -0.2) is 9.18 Å². The van der Waals surface area contributed by atoms with Crippen LogP contribution in [0.1, 0.15) is 65.8 Å². The predicted molar refractivity (Wildman–Crippen MR) is 128 cm³/mol. The highest BCUT2D eigenvalue weighted by molar-refractivity contribution is 6.04. The van der Waals surface area contributed by atoms with E-state index in [0.717, 1.165) is 6.07 Å². The maximum absolute atomic E-state index is 15.8. The van der Waals surface area contributed by atoms with Crippen LogP contribution >= 0.6 is 0 Å². The lowest BCUT2D eigenvalue weighted by atomic mass is 10.00. The topological polar surface area (TPSA) is 118 Å². The Hall–Kier alpha value is -3.48. The van der Waals surface area contributed by atoms with Gasteiger partial charge in [0, 0.05) is 18.8 Å². The molecule has 0 bridgehead atoms. The van der Waals surface area contributed by atoms with Gasteiger partial charge < -0.3 is 24.6 Å². The molecule has 0 spiro atoms. The Bertz CT molecular complexity index is 1320. The maximum Gasteiger partial charge on any atom is 0.471 e. The van der Waals surface area contributed by atoms with Crippen molar-refractivity contribution in [2.24, 2.45) is 0 Å². The zero-order chi connectivity index (χ0) is 27.8. The molecule has 38 heavy (non-hydrogen) atoms. The van der Waals surface area contributed by atoms with E-state index in [0.29, 0.717) is 32.0 Å². The number of rotatable bonds is 7. The van der Waals surface area contributed by atoms with Crippen molar-refractivity contribution in [3.8, 4) is 0 Å². The first-order valence-electron chi connectivity index (χ1n) is 12.3. The van der Waals surface area contributed by atoms with Crippen LogP contribution in [0.4, 0.5) is 23.2 Å². The molecule has 1 aromatic heterocycles. The van der Waals surface area contributed by atoms with Crippen molar-refractivity contribution in [1.29, 1.82) is 0 Å². The van der Waals surface area contributed by atoms with Gasteiger partial charge in [0.2, 0.25) is 5.43 Å². The second-order valence-corrected chi connectivity index (χ2v) is 9.38. The molecule has 206 valence electrons. The number of amides is 1. The van der Waals surface area contributed by atoms with Crippen LogP contribution in [0.25, 0.3) is 10.9 Å².